The van der Waals surface area contributed by atoms with Crippen LogP contribution in [0.5, 0.6) is 0 Å². The molecule has 0 saturated carbocycles. The van der Waals surface area contributed by atoms with E-state index in [1.54, 1.807) is 20.8 Å². The summed E-state index contributed by atoms with van der Waals surface area (Å²) in [6.45, 7) is 8.83. The molecular weight excluding hydrogens is 348 g/mol. The van der Waals surface area contributed by atoms with Gasteiger partial charge in [-0.05, 0) is 38.7 Å². The van der Waals surface area contributed by atoms with Crippen molar-refractivity contribution in [2.75, 3.05) is 6.73 Å². The molecule has 7 heteroatoms. The van der Waals surface area contributed by atoms with Gasteiger partial charge in [-0.25, -0.2) is 9.59 Å². The molecule has 1 aromatic rings. The molecule has 0 saturated heterocycles. The van der Waals surface area contributed by atoms with Gasteiger partial charge in [-0.2, -0.15) is 0 Å². The highest BCUT2D eigenvalue weighted by Crippen LogP contribution is 2.10. The maximum Gasteiger partial charge on any atom is 0.408 e. The van der Waals surface area contributed by atoms with Gasteiger partial charge in [0.15, 0.2) is 6.73 Å². The highest BCUT2D eigenvalue weighted by atomic mass is 16.6. The van der Waals surface area contributed by atoms with Crippen LogP contribution in [0.3, 0.4) is 0 Å². The normalized spacial score (nSPS) is 12.2. The zero-order chi connectivity index (χ0) is 20.4. The first-order chi connectivity index (χ1) is 12.6. The van der Waals surface area contributed by atoms with Gasteiger partial charge in [-0.1, -0.05) is 44.2 Å². The maximum absolute atomic E-state index is 12.3. The van der Waals surface area contributed by atoms with E-state index in [0.29, 0.717) is 6.42 Å². The SMILES string of the molecule is CC(C)C[C@H](NC(=O)OC(C)(C)C)C(=O)OCNC(=O)Cc1ccccc1. The van der Waals surface area contributed by atoms with Crippen LogP contribution in [0.2, 0.25) is 0 Å². The van der Waals surface area contributed by atoms with Gasteiger partial charge in [0.1, 0.15) is 11.6 Å². The Hall–Kier alpha value is -2.57. The Morgan fingerprint density at radius 2 is 1.70 bits per heavy atom. The Morgan fingerprint density at radius 1 is 1.07 bits per heavy atom. The van der Waals surface area contributed by atoms with E-state index in [2.05, 4.69) is 10.6 Å². The standard InChI is InChI=1S/C20H30N2O5/c1-14(2)11-16(22-19(25)27-20(3,4)5)18(24)26-13-21-17(23)12-15-9-7-6-8-10-15/h6-10,14,16H,11-13H2,1-5H3,(H,21,23)(H,22,25)/t16-/m0/s1. The molecule has 0 fully saturated rings. The summed E-state index contributed by atoms with van der Waals surface area (Å²) in [5, 5.41) is 5.07. The number of ether oxygens (including phenoxy) is 2. The Morgan fingerprint density at radius 3 is 2.26 bits per heavy atom. The molecule has 0 spiro atoms. The van der Waals surface area contributed by atoms with Crippen molar-refractivity contribution < 1.29 is 23.9 Å². The molecule has 2 amide bonds. The van der Waals surface area contributed by atoms with Crippen LogP contribution >= 0.6 is 0 Å². The molecule has 2 N–H and O–H groups in total. The molecule has 7 nitrogen and oxygen atoms in total. The predicted octanol–water partition coefficient (Wildman–Crippen LogP) is 2.79. The topological polar surface area (TPSA) is 93.7 Å². The van der Waals surface area contributed by atoms with Gasteiger partial charge in [0.25, 0.3) is 0 Å². The van der Waals surface area contributed by atoms with Gasteiger partial charge in [0.2, 0.25) is 5.91 Å². The Kier molecular flexibility index (Phi) is 8.78. The summed E-state index contributed by atoms with van der Waals surface area (Å²) >= 11 is 0. The predicted molar refractivity (Wildman–Crippen MR) is 102 cm³/mol. The molecule has 1 atom stereocenters. The number of esters is 1. The minimum atomic E-state index is -0.842. The monoisotopic (exact) mass is 378 g/mol. The van der Waals surface area contributed by atoms with Crippen molar-refractivity contribution in [3.63, 3.8) is 0 Å². The van der Waals surface area contributed by atoms with E-state index in [-0.39, 0.29) is 25.0 Å². The molecule has 0 heterocycles. The van der Waals surface area contributed by atoms with Gasteiger partial charge in [0.05, 0.1) is 6.42 Å². The number of alkyl carbamates (subject to hydrolysis) is 1. The van der Waals surface area contributed by atoms with E-state index in [0.717, 1.165) is 5.56 Å². The summed E-state index contributed by atoms with van der Waals surface area (Å²) < 4.78 is 10.3. The van der Waals surface area contributed by atoms with Crippen LogP contribution in [0.15, 0.2) is 30.3 Å². The molecule has 0 aromatic heterocycles. The fraction of sp³-hybridized carbons (Fsp3) is 0.550. The molecule has 0 unspecified atom stereocenters. The van der Waals surface area contributed by atoms with Crippen LogP contribution in [-0.2, 0) is 25.5 Å². The van der Waals surface area contributed by atoms with Crippen LogP contribution in [0, 0.1) is 5.92 Å². The third-order valence-electron chi connectivity index (χ3n) is 3.37. The van der Waals surface area contributed by atoms with Crippen molar-refractivity contribution in [3.8, 4) is 0 Å². The zero-order valence-corrected chi connectivity index (χ0v) is 16.7. The Bertz CT molecular complexity index is 623. The Labute approximate surface area is 160 Å². The van der Waals surface area contributed by atoms with Gasteiger partial charge >= 0.3 is 12.1 Å². The summed E-state index contributed by atoms with van der Waals surface area (Å²) in [5.41, 5.74) is 0.201. The highest BCUT2D eigenvalue weighted by Gasteiger charge is 2.26. The number of hydrogen-bond acceptors (Lipinski definition) is 5. The van der Waals surface area contributed by atoms with Crippen molar-refractivity contribution >= 4 is 18.0 Å². The molecular formula is C20H30N2O5. The summed E-state index contributed by atoms with van der Waals surface area (Å²) in [5.74, 6) is -0.714. The number of rotatable bonds is 8. The number of nitrogens with one attached hydrogen (secondary N) is 2. The molecule has 1 rings (SSSR count). The van der Waals surface area contributed by atoms with E-state index < -0.39 is 23.7 Å². The third-order valence-corrected chi connectivity index (χ3v) is 3.37. The van der Waals surface area contributed by atoms with E-state index in [1.165, 1.54) is 0 Å². The van der Waals surface area contributed by atoms with Crippen LogP contribution in [-0.4, -0.2) is 36.3 Å². The van der Waals surface area contributed by atoms with Crippen molar-refractivity contribution in [2.45, 2.75) is 59.1 Å². The lowest BCUT2D eigenvalue weighted by Crippen LogP contribution is -2.45. The second-order valence-electron chi connectivity index (χ2n) is 7.70. The molecule has 0 aliphatic heterocycles. The lowest BCUT2D eigenvalue weighted by atomic mass is 10.0. The second-order valence-corrected chi connectivity index (χ2v) is 7.70. The fourth-order valence-electron chi connectivity index (χ4n) is 2.27. The van der Waals surface area contributed by atoms with Gasteiger partial charge < -0.3 is 20.1 Å². The van der Waals surface area contributed by atoms with Gasteiger partial charge in [-0.3, -0.25) is 4.79 Å². The molecule has 0 bridgehead atoms. The second kappa shape index (κ2) is 10.5. The van der Waals surface area contributed by atoms with Gasteiger partial charge in [0, 0.05) is 0 Å². The summed E-state index contributed by atoms with van der Waals surface area (Å²) in [6.07, 6.45) is -0.0850. The number of carbonyl (C=O) groups excluding carboxylic acids is 3. The number of carbonyl (C=O) groups is 3. The molecule has 27 heavy (non-hydrogen) atoms. The molecule has 0 radical (unpaired) electrons. The van der Waals surface area contributed by atoms with E-state index >= 15 is 0 Å². The van der Waals surface area contributed by atoms with Crippen molar-refractivity contribution in [1.29, 1.82) is 0 Å². The average Bonchev–Trinajstić information content (AvgIpc) is 2.52. The lowest BCUT2D eigenvalue weighted by molar-refractivity contribution is -0.148. The zero-order valence-electron chi connectivity index (χ0n) is 16.7. The molecule has 0 aliphatic rings. The summed E-state index contributed by atoms with van der Waals surface area (Å²) in [7, 11) is 0. The van der Waals surface area contributed by atoms with Crippen LogP contribution in [0.25, 0.3) is 0 Å². The maximum atomic E-state index is 12.3. The molecule has 1 aromatic carbocycles. The molecule has 150 valence electrons. The largest absolute Gasteiger partial charge is 0.444 e. The number of benzene rings is 1. The van der Waals surface area contributed by atoms with Gasteiger partial charge in [-0.15, -0.1) is 0 Å². The minimum absolute atomic E-state index is 0.158. The third kappa shape index (κ3) is 10.2. The molecule has 0 aliphatic carbocycles. The van der Waals surface area contributed by atoms with Crippen LogP contribution in [0.1, 0.15) is 46.6 Å². The minimum Gasteiger partial charge on any atom is -0.444 e. The van der Waals surface area contributed by atoms with Crippen LogP contribution < -0.4 is 10.6 Å². The van der Waals surface area contributed by atoms with E-state index in [4.69, 9.17) is 9.47 Å². The lowest BCUT2D eigenvalue weighted by Gasteiger charge is -2.23. The fourth-order valence-corrected chi connectivity index (χ4v) is 2.27. The van der Waals surface area contributed by atoms with Crippen LogP contribution in [0.4, 0.5) is 4.79 Å². The quantitative estimate of drug-likeness (QED) is 0.536. The summed E-state index contributed by atoms with van der Waals surface area (Å²) in [6, 6.07) is 8.41. The van der Waals surface area contributed by atoms with Crippen molar-refractivity contribution in [1.82, 2.24) is 10.6 Å². The van der Waals surface area contributed by atoms with E-state index in [1.807, 2.05) is 44.2 Å². The van der Waals surface area contributed by atoms with Crippen molar-refractivity contribution in [3.05, 3.63) is 35.9 Å². The smallest absolute Gasteiger partial charge is 0.408 e. The number of hydrogen-bond donors (Lipinski definition) is 2. The average molecular weight is 378 g/mol. The van der Waals surface area contributed by atoms with E-state index in [9.17, 15) is 14.4 Å². The summed E-state index contributed by atoms with van der Waals surface area (Å²) in [4.78, 5) is 36.1. The highest BCUT2D eigenvalue weighted by molar-refractivity contribution is 5.82. The first kappa shape index (κ1) is 22.5. The first-order valence-corrected chi connectivity index (χ1v) is 9.03. The first-order valence-electron chi connectivity index (χ1n) is 9.03. The Balaban J connectivity index is 2.48. The van der Waals surface area contributed by atoms with Crippen molar-refractivity contribution in [2.24, 2.45) is 5.92 Å². The number of amides is 2.